The lowest BCUT2D eigenvalue weighted by Gasteiger charge is -2.12. The molecule has 150 valence electrons. The number of anilines is 3. The average molecular weight is 391 g/mol. The topological polar surface area (TPSA) is 72.5 Å². The number of rotatable bonds is 8. The molecule has 1 amide bonds. The van der Waals surface area contributed by atoms with Gasteiger partial charge < -0.3 is 20.1 Å². The van der Waals surface area contributed by atoms with Crippen LogP contribution in [0.4, 0.5) is 17.2 Å². The second kappa shape index (κ2) is 9.59. The Hall–Kier alpha value is -3.54. The highest BCUT2D eigenvalue weighted by Gasteiger charge is 2.11. The lowest BCUT2D eigenvalue weighted by molar-refractivity contribution is 0.102. The van der Waals surface area contributed by atoms with Gasteiger partial charge in [0.15, 0.2) is 0 Å². The van der Waals surface area contributed by atoms with E-state index in [-0.39, 0.29) is 12.0 Å². The number of ether oxygens (including phenoxy) is 2. The third kappa shape index (κ3) is 5.72. The molecule has 0 saturated carbocycles. The maximum Gasteiger partial charge on any atom is 0.255 e. The molecule has 0 aliphatic heterocycles. The number of nitrogens with one attached hydrogen (secondary N) is 2. The van der Waals surface area contributed by atoms with E-state index in [0.717, 1.165) is 11.4 Å². The Bertz CT molecular complexity index is 956. The normalized spacial score (nSPS) is 10.5. The summed E-state index contributed by atoms with van der Waals surface area (Å²) in [6.45, 7) is 6.40. The summed E-state index contributed by atoms with van der Waals surface area (Å²) in [7, 11) is 0. The molecular weight excluding hydrogens is 366 g/mol. The minimum atomic E-state index is -0.233. The molecule has 0 bridgehead atoms. The fraction of sp³-hybridized carbons (Fsp3) is 0.217. The Morgan fingerprint density at radius 2 is 1.83 bits per heavy atom. The van der Waals surface area contributed by atoms with Crippen LogP contribution in [0.3, 0.4) is 0 Å². The molecule has 0 atom stereocenters. The zero-order valence-corrected chi connectivity index (χ0v) is 16.8. The van der Waals surface area contributed by atoms with Crippen LogP contribution in [-0.2, 0) is 0 Å². The summed E-state index contributed by atoms with van der Waals surface area (Å²) in [6.07, 6.45) is 1.72. The summed E-state index contributed by atoms with van der Waals surface area (Å²) in [4.78, 5) is 17.0. The van der Waals surface area contributed by atoms with Crippen LogP contribution < -0.4 is 20.1 Å². The van der Waals surface area contributed by atoms with E-state index in [0.29, 0.717) is 29.4 Å². The summed E-state index contributed by atoms with van der Waals surface area (Å²) in [5.41, 5.74) is 1.98. The molecule has 3 aromatic rings. The lowest BCUT2D eigenvalue weighted by atomic mass is 10.2. The smallest absolute Gasteiger partial charge is 0.255 e. The highest BCUT2D eigenvalue weighted by molar-refractivity contribution is 6.05. The molecule has 0 unspecified atom stereocenters. The Morgan fingerprint density at radius 3 is 2.55 bits per heavy atom. The minimum Gasteiger partial charge on any atom is -0.492 e. The van der Waals surface area contributed by atoms with E-state index in [1.807, 2.05) is 69.3 Å². The van der Waals surface area contributed by atoms with Gasteiger partial charge in [-0.1, -0.05) is 12.1 Å². The molecule has 1 heterocycles. The fourth-order valence-electron chi connectivity index (χ4n) is 2.72. The van der Waals surface area contributed by atoms with Gasteiger partial charge in [0.05, 0.1) is 18.4 Å². The Kier molecular flexibility index (Phi) is 6.68. The maximum atomic E-state index is 12.7. The molecular formula is C23H25N3O3. The summed E-state index contributed by atoms with van der Waals surface area (Å²) in [5, 5.41) is 6.10. The highest BCUT2D eigenvalue weighted by atomic mass is 16.5. The number of hydrogen-bond acceptors (Lipinski definition) is 5. The number of amides is 1. The van der Waals surface area contributed by atoms with Gasteiger partial charge in [-0.05, 0) is 69.3 Å². The van der Waals surface area contributed by atoms with E-state index in [1.165, 1.54) is 0 Å². The zero-order valence-electron chi connectivity index (χ0n) is 16.8. The summed E-state index contributed by atoms with van der Waals surface area (Å²) in [6, 6.07) is 18.3. The average Bonchev–Trinajstić information content (AvgIpc) is 2.71. The molecule has 2 N–H and O–H groups in total. The van der Waals surface area contributed by atoms with Crippen molar-refractivity contribution in [3.63, 3.8) is 0 Å². The van der Waals surface area contributed by atoms with E-state index in [2.05, 4.69) is 15.6 Å². The molecule has 1 aromatic heterocycles. The van der Waals surface area contributed by atoms with Gasteiger partial charge in [0.25, 0.3) is 5.91 Å². The predicted molar refractivity (Wildman–Crippen MR) is 115 cm³/mol. The van der Waals surface area contributed by atoms with Gasteiger partial charge in [-0.3, -0.25) is 4.79 Å². The summed E-state index contributed by atoms with van der Waals surface area (Å²) >= 11 is 0. The van der Waals surface area contributed by atoms with Crippen LogP contribution in [0.15, 0.2) is 66.9 Å². The van der Waals surface area contributed by atoms with Crippen molar-refractivity contribution in [3.05, 3.63) is 72.4 Å². The molecule has 0 spiro atoms. The monoisotopic (exact) mass is 391 g/mol. The third-order valence-electron chi connectivity index (χ3n) is 3.96. The van der Waals surface area contributed by atoms with Crippen LogP contribution in [0.1, 0.15) is 31.1 Å². The Balaban J connectivity index is 1.70. The van der Waals surface area contributed by atoms with Crippen molar-refractivity contribution in [2.24, 2.45) is 0 Å². The van der Waals surface area contributed by atoms with Crippen molar-refractivity contribution in [2.45, 2.75) is 26.9 Å². The Labute approximate surface area is 170 Å². The predicted octanol–water partition coefficient (Wildman–Crippen LogP) is 5.26. The van der Waals surface area contributed by atoms with E-state index in [9.17, 15) is 4.79 Å². The van der Waals surface area contributed by atoms with Crippen molar-refractivity contribution >= 4 is 23.1 Å². The van der Waals surface area contributed by atoms with Crippen LogP contribution in [0.5, 0.6) is 11.5 Å². The van der Waals surface area contributed by atoms with E-state index in [1.54, 1.807) is 18.3 Å². The number of carbonyl (C=O) groups is 1. The quantitative estimate of drug-likeness (QED) is 0.548. The second-order valence-electron chi connectivity index (χ2n) is 6.63. The van der Waals surface area contributed by atoms with Gasteiger partial charge in [0.1, 0.15) is 17.3 Å². The Morgan fingerprint density at radius 1 is 1.07 bits per heavy atom. The molecule has 0 aliphatic carbocycles. The zero-order chi connectivity index (χ0) is 20.6. The number of carbonyl (C=O) groups excluding carboxylic acids is 1. The molecule has 0 radical (unpaired) electrons. The number of hydrogen-bond donors (Lipinski definition) is 2. The third-order valence-corrected chi connectivity index (χ3v) is 3.96. The number of pyridine rings is 1. The summed E-state index contributed by atoms with van der Waals surface area (Å²) < 4.78 is 11.2. The van der Waals surface area contributed by atoms with Crippen molar-refractivity contribution in [3.8, 4) is 11.5 Å². The standard InChI is InChI=1S/C23H25N3O3/c1-4-28-21-8-6-5-7-20(21)26-23(27)17-13-14-24-22(15-17)25-18-9-11-19(12-10-18)29-16(2)3/h5-16H,4H2,1-3H3,(H,24,25)(H,26,27). The van der Waals surface area contributed by atoms with Crippen LogP contribution in [0.2, 0.25) is 0 Å². The molecule has 29 heavy (non-hydrogen) atoms. The minimum absolute atomic E-state index is 0.124. The van der Waals surface area contributed by atoms with Gasteiger partial charge in [0.2, 0.25) is 0 Å². The first-order valence-electron chi connectivity index (χ1n) is 9.58. The molecule has 6 heteroatoms. The molecule has 0 saturated heterocycles. The first-order chi connectivity index (χ1) is 14.0. The lowest BCUT2D eigenvalue weighted by Crippen LogP contribution is -2.13. The number of nitrogens with zero attached hydrogens (tertiary/aromatic N) is 1. The van der Waals surface area contributed by atoms with E-state index < -0.39 is 0 Å². The molecule has 6 nitrogen and oxygen atoms in total. The maximum absolute atomic E-state index is 12.7. The fourth-order valence-corrected chi connectivity index (χ4v) is 2.72. The highest BCUT2D eigenvalue weighted by Crippen LogP contribution is 2.25. The largest absolute Gasteiger partial charge is 0.492 e. The van der Waals surface area contributed by atoms with E-state index >= 15 is 0 Å². The van der Waals surface area contributed by atoms with E-state index in [4.69, 9.17) is 9.47 Å². The van der Waals surface area contributed by atoms with Gasteiger partial charge >= 0.3 is 0 Å². The second-order valence-corrected chi connectivity index (χ2v) is 6.63. The van der Waals surface area contributed by atoms with Crippen LogP contribution in [-0.4, -0.2) is 23.6 Å². The van der Waals surface area contributed by atoms with Crippen LogP contribution in [0, 0.1) is 0 Å². The first kappa shape index (κ1) is 20.2. The van der Waals surface area contributed by atoms with Crippen molar-refractivity contribution < 1.29 is 14.3 Å². The summed E-state index contributed by atoms with van der Waals surface area (Å²) in [5.74, 6) is 1.79. The van der Waals surface area contributed by atoms with Crippen LogP contribution in [0.25, 0.3) is 0 Å². The first-order valence-corrected chi connectivity index (χ1v) is 9.58. The number of aromatic nitrogens is 1. The molecule has 0 fully saturated rings. The number of para-hydroxylation sites is 2. The van der Waals surface area contributed by atoms with Gasteiger partial charge in [-0.25, -0.2) is 4.98 Å². The van der Waals surface area contributed by atoms with Gasteiger partial charge in [-0.2, -0.15) is 0 Å². The molecule has 2 aromatic carbocycles. The van der Waals surface area contributed by atoms with Gasteiger partial charge in [-0.15, -0.1) is 0 Å². The van der Waals surface area contributed by atoms with Crippen molar-refractivity contribution in [2.75, 3.05) is 17.2 Å². The van der Waals surface area contributed by atoms with Crippen molar-refractivity contribution in [1.29, 1.82) is 0 Å². The van der Waals surface area contributed by atoms with Gasteiger partial charge in [0, 0.05) is 17.4 Å². The molecule has 3 rings (SSSR count). The number of benzene rings is 2. The van der Waals surface area contributed by atoms with Crippen LogP contribution >= 0.6 is 0 Å². The van der Waals surface area contributed by atoms with Crippen molar-refractivity contribution in [1.82, 2.24) is 4.98 Å². The SMILES string of the molecule is CCOc1ccccc1NC(=O)c1ccnc(Nc2ccc(OC(C)C)cc2)c1. The molecule has 0 aliphatic rings.